The number of fused-ring (bicyclic) bond motifs is 1. The van der Waals surface area contributed by atoms with Crippen LogP contribution < -0.4 is 0 Å². The Morgan fingerprint density at radius 2 is 2.05 bits per heavy atom. The molecule has 2 aromatic heterocycles. The maximum atomic E-state index is 11.4. The van der Waals surface area contributed by atoms with Crippen LogP contribution in [0.1, 0.15) is 27.3 Å². The van der Waals surface area contributed by atoms with Gasteiger partial charge in [-0.15, -0.1) is 5.10 Å². The van der Waals surface area contributed by atoms with Crippen molar-refractivity contribution in [1.29, 1.82) is 0 Å². The maximum Gasteiger partial charge on any atom is 0.336 e. The first-order chi connectivity index (χ1) is 10.1. The molecule has 21 heavy (non-hydrogen) atoms. The van der Waals surface area contributed by atoms with E-state index in [1.165, 1.54) is 11.5 Å². The van der Waals surface area contributed by atoms with Gasteiger partial charge in [-0.3, -0.25) is 0 Å². The molecule has 0 saturated carbocycles. The zero-order valence-electron chi connectivity index (χ0n) is 11.1. The molecule has 0 atom stereocenters. The summed E-state index contributed by atoms with van der Waals surface area (Å²) >= 11 is 1.26. The largest absolute Gasteiger partial charge is 0.478 e. The van der Waals surface area contributed by atoms with Crippen molar-refractivity contribution in [3.8, 4) is 0 Å². The van der Waals surface area contributed by atoms with Crippen LogP contribution >= 0.6 is 11.5 Å². The van der Waals surface area contributed by atoms with Gasteiger partial charge in [0.2, 0.25) is 0 Å². The van der Waals surface area contributed by atoms with Gasteiger partial charge in [0, 0.05) is 10.8 Å². The Morgan fingerprint density at radius 3 is 2.76 bits per heavy atom. The average Bonchev–Trinajstić information content (AvgIpc) is 2.97. The summed E-state index contributed by atoms with van der Waals surface area (Å²) in [5, 5.41) is 15.7. The van der Waals surface area contributed by atoms with Crippen molar-refractivity contribution in [3.05, 3.63) is 52.2 Å². The van der Waals surface area contributed by atoms with Crippen LogP contribution in [0.4, 0.5) is 0 Å². The first kappa shape index (κ1) is 13.4. The highest BCUT2D eigenvalue weighted by atomic mass is 32.1. The van der Waals surface area contributed by atoms with Crippen LogP contribution in [0.15, 0.2) is 29.6 Å². The van der Waals surface area contributed by atoms with E-state index in [1.807, 2.05) is 25.1 Å². The van der Waals surface area contributed by atoms with E-state index in [0.717, 1.165) is 11.3 Å². The van der Waals surface area contributed by atoms with Crippen LogP contribution in [-0.2, 0) is 0 Å². The second kappa shape index (κ2) is 5.41. The predicted octanol–water partition coefficient (Wildman–Crippen LogP) is 3.26. The molecule has 5 nitrogen and oxygen atoms in total. The molecule has 0 aliphatic carbocycles. The fourth-order valence-electron chi connectivity index (χ4n) is 2.04. The number of hydrogen-bond acceptors (Lipinski definition) is 5. The molecule has 0 aliphatic rings. The zero-order valence-corrected chi connectivity index (χ0v) is 12.0. The third-order valence-electron chi connectivity index (χ3n) is 3.02. The lowest BCUT2D eigenvalue weighted by atomic mass is 10.1. The van der Waals surface area contributed by atoms with Crippen LogP contribution in [0, 0.1) is 6.92 Å². The topological polar surface area (TPSA) is 76.0 Å². The minimum atomic E-state index is -0.960. The average molecular weight is 297 g/mol. The number of rotatable bonds is 3. The number of aromatic carboxylic acids is 1. The molecule has 104 valence electrons. The Balaban J connectivity index is 2.12. The lowest BCUT2D eigenvalue weighted by Gasteiger charge is -2.05. The Labute approximate surface area is 124 Å². The Morgan fingerprint density at radius 1 is 1.24 bits per heavy atom. The number of carboxylic acids is 1. The van der Waals surface area contributed by atoms with Gasteiger partial charge >= 0.3 is 5.97 Å². The molecule has 0 amide bonds. The van der Waals surface area contributed by atoms with Crippen molar-refractivity contribution in [2.24, 2.45) is 0 Å². The van der Waals surface area contributed by atoms with Crippen molar-refractivity contribution in [2.75, 3.05) is 0 Å². The van der Waals surface area contributed by atoms with E-state index in [0.29, 0.717) is 16.6 Å². The number of aryl methyl sites for hydroxylation is 1. The molecule has 0 fully saturated rings. The maximum absolute atomic E-state index is 11.4. The van der Waals surface area contributed by atoms with E-state index in [2.05, 4.69) is 14.6 Å². The Hall–Kier alpha value is -2.60. The van der Waals surface area contributed by atoms with Crippen LogP contribution in [0.5, 0.6) is 0 Å². The van der Waals surface area contributed by atoms with Gasteiger partial charge in [0.05, 0.1) is 22.5 Å². The molecule has 0 bridgehead atoms. The van der Waals surface area contributed by atoms with Crippen molar-refractivity contribution in [3.63, 3.8) is 0 Å². The SMILES string of the molecule is Cc1ccc2nc(/C=C\c3csnn3)cc(C(=O)O)c2c1. The summed E-state index contributed by atoms with van der Waals surface area (Å²) in [6.45, 7) is 1.92. The number of pyridine rings is 1. The summed E-state index contributed by atoms with van der Waals surface area (Å²) in [6.07, 6.45) is 3.50. The summed E-state index contributed by atoms with van der Waals surface area (Å²) in [5.74, 6) is -0.960. The van der Waals surface area contributed by atoms with Crippen LogP contribution in [0.2, 0.25) is 0 Å². The van der Waals surface area contributed by atoms with Crippen LogP contribution in [-0.4, -0.2) is 25.6 Å². The molecule has 1 N–H and O–H groups in total. The smallest absolute Gasteiger partial charge is 0.336 e. The summed E-state index contributed by atoms with van der Waals surface area (Å²) in [4.78, 5) is 15.9. The standard InChI is InChI=1S/C15H11N3O2S/c1-9-2-5-14-12(6-9)13(15(19)20)7-10(16-14)3-4-11-8-21-18-17-11/h2-8H,1H3,(H,19,20)/b4-3-. The number of benzene rings is 1. The van der Waals surface area contributed by atoms with Crippen molar-refractivity contribution in [2.45, 2.75) is 6.92 Å². The fourth-order valence-corrected chi connectivity index (χ4v) is 2.46. The van der Waals surface area contributed by atoms with Crippen LogP contribution in [0.3, 0.4) is 0 Å². The molecule has 0 aliphatic heterocycles. The summed E-state index contributed by atoms with van der Waals surface area (Å²) in [7, 11) is 0. The van der Waals surface area contributed by atoms with E-state index in [-0.39, 0.29) is 5.56 Å². The quantitative estimate of drug-likeness (QED) is 0.803. The predicted molar refractivity (Wildman–Crippen MR) is 82.3 cm³/mol. The highest BCUT2D eigenvalue weighted by Gasteiger charge is 2.11. The van der Waals surface area contributed by atoms with Crippen LogP contribution in [0.25, 0.3) is 23.1 Å². The molecule has 6 heteroatoms. The lowest BCUT2D eigenvalue weighted by Crippen LogP contribution is -2.00. The van der Waals surface area contributed by atoms with Gasteiger partial charge in [-0.05, 0) is 48.8 Å². The van der Waals surface area contributed by atoms with Gasteiger partial charge in [-0.1, -0.05) is 16.1 Å². The molecule has 3 rings (SSSR count). The molecular formula is C15H11N3O2S. The molecule has 3 aromatic rings. The molecule has 2 heterocycles. The third kappa shape index (κ3) is 2.80. The number of hydrogen-bond donors (Lipinski definition) is 1. The first-order valence-corrected chi connectivity index (χ1v) is 7.07. The lowest BCUT2D eigenvalue weighted by molar-refractivity contribution is 0.0699. The zero-order chi connectivity index (χ0) is 14.8. The number of carbonyl (C=O) groups is 1. The highest BCUT2D eigenvalue weighted by molar-refractivity contribution is 7.03. The summed E-state index contributed by atoms with van der Waals surface area (Å²) in [5.41, 5.74) is 3.22. The normalized spacial score (nSPS) is 11.3. The van der Waals surface area contributed by atoms with E-state index in [4.69, 9.17) is 0 Å². The Bertz CT molecular complexity index is 842. The van der Waals surface area contributed by atoms with Crippen molar-refractivity contribution < 1.29 is 9.90 Å². The molecule has 0 unspecified atom stereocenters. The summed E-state index contributed by atoms with van der Waals surface area (Å²) < 4.78 is 3.77. The van der Waals surface area contributed by atoms with Gasteiger partial charge in [0.1, 0.15) is 0 Å². The van der Waals surface area contributed by atoms with Gasteiger partial charge in [0.15, 0.2) is 0 Å². The van der Waals surface area contributed by atoms with E-state index >= 15 is 0 Å². The molecular weight excluding hydrogens is 286 g/mol. The molecule has 0 spiro atoms. The minimum absolute atomic E-state index is 0.250. The van der Waals surface area contributed by atoms with Gasteiger partial charge in [-0.25, -0.2) is 9.78 Å². The second-order valence-electron chi connectivity index (χ2n) is 4.58. The van der Waals surface area contributed by atoms with Gasteiger partial charge in [0.25, 0.3) is 0 Å². The number of aromatic nitrogens is 3. The Kier molecular flexibility index (Phi) is 3.45. The van der Waals surface area contributed by atoms with Crippen molar-refractivity contribution >= 4 is 40.6 Å². The van der Waals surface area contributed by atoms with E-state index < -0.39 is 5.97 Å². The number of carboxylic acid groups (broad SMARTS) is 1. The van der Waals surface area contributed by atoms with E-state index in [9.17, 15) is 9.90 Å². The minimum Gasteiger partial charge on any atom is -0.478 e. The summed E-state index contributed by atoms with van der Waals surface area (Å²) in [6, 6.07) is 7.15. The third-order valence-corrected chi connectivity index (χ3v) is 3.54. The van der Waals surface area contributed by atoms with E-state index in [1.54, 1.807) is 23.6 Å². The fraction of sp³-hybridized carbons (Fsp3) is 0.0667. The number of nitrogens with zero attached hydrogens (tertiary/aromatic N) is 3. The van der Waals surface area contributed by atoms with Crippen molar-refractivity contribution in [1.82, 2.24) is 14.6 Å². The second-order valence-corrected chi connectivity index (χ2v) is 5.19. The molecule has 1 aromatic carbocycles. The van der Waals surface area contributed by atoms with Gasteiger partial charge in [-0.2, -0.15) is 0 Å². The first-order valence-electron chi connectivity index (χ1n) is 6.23. The van der Waals surface area contributed by atoms with Gasteiger partial charge < -0.3 is 5.11 Å². The highest BCUT2D eigenvalue weighted by Crippen LogP contribution is 2.21. The monoisotopic (exact) mass is 297 g/mol. The molecule has 0 saturated heterocycles. The molecule has 0 radical (unpaired) electrons.